The number of rotatable bonds is 10. The third kappa shape index (κ3) is 5.65. The summed E-state index contributed by atoms with van der Waals surface area (Å²) in [6.07, 6.45) is 3.57. The number of fused-ring (bicyclic) bond motifs is 3. The summed E-state index contributed by atoms with van der Waals surface area (Å²) in [7, 11) is 3.46. The van der Waals surface area contributed by atoms with Crippen LogP contribution in [0.15, 0.2) is 47.8 Å². The minimum atomic E-state index is -0.929. The van der Waals surface area contributed by atoms with Gasteiger partial charge in [0, 0.05) is 37.4 Å². The lowest BCUT2D eigenvalue weighted by molar-refractivity contribution is -0.131. The highest BCUT2D eigenvalue weighted by molar-refractivity contribution is 5.94. The Labute approximate surface area is 275 Å². The van der Waals surface area contributed by atoms with E-state index in [0.717, 1.165) is 46.4 Å². The Bertz CT molecular complexity index is 1760. The fourth-order valence-corrected chi connectivity index (χ4v) is 7.73. The summed E-state index contributed by atoms with van der Waals surface area (Å²) in [6, 6.07) is 13.8. The maximum atomic E-state index is 13.4. The first-order valence-electron chi connectivity index (χ1n) is 16.5. The van der Waals surface area contributed by atoms with E-state index in [0.29, 0.717) is 36.6 Å². The first kappa shape index (κ1) is 32.3. The van der Waals surface area contributed by atoms with Crippen molar-refractivity contribution in [2.45, 2.75) is 82.5 Å². The van der Waals surface area contributed by atoms with Crippen molar-refractivity contribution in [1.82, 2.24) is 35.6 Å². The van der Waals surface area contributed by atoms with Crippen LogP contribution in [0.2, 0.25) is 0 Å². The molecule has 3 aromatic rings. The smallest absolute Gasteiger partial charge is 0.343 e. The van der Waals surface area contributed by atoms with Crippen LogP contribution in [0.3, 0.4) is 0 Å². The number of hydrogen-bond acceptors (Lipinski definition) is 7. The number of likely N-dealkylation sites (tertiary alicyclic amines) is 1. The van der Waals surface area contributed by atoms with Crippen LogP contribution < -0.4 is 21.6 Å². The number of hydrogen-bond donors (Lipinski definition) is 4. The van der Waals surface area contributed by atoms with Crippen molar-refractivity contribution in [3.8, 4) is 6.07 Å². The highest BCUT2D eigenvalue weighted by atomic mass is 16.2. The molecule has 2 unspecified atom stereocenters. The first-order chi connectivity index (χ1) is 22.5. The van der Waals surface area contributed by atoms with E-state index >= 15 is 0 Å². The Hall–Kier alpha value is -4.69. The van der Waals surface area contributed by atoms with Gasteiger partial charge in [0.1, 0.15) is 11.9 Å². The summed E-state index contributed by atoms with van der Waals surface area (Å²) in [5.41, 5.74) is 5.14. The number of aryl methyl sites for hydroxylation is 2. The van der Waals surface area contributed by atoms with Crippen molar-refractivity contribution in [3.63, 3.8) is 0 Å². The van der Waals surface area contributed by atoms with Crippen LogP contribution in [0.4, 0.5) is 0 Å². The molecule has 0 spiro atoms. The Morgan fingerprint density at radius 2 is 1.72 bits per heavy atom. The molecule has 0 bridgehead atoms. The fourth-order valence-electron chi connectivity index (χ4n) is 7.73. The standard InChI is InChI=1S/C36H44N8O3/c1-20(2)44-35(47)41-34(42-44)36(17-21(3)40-19-32(45)43-28(18-37)15-27-16-31(27)43)29-11-9-23(22(4)38-5)13-24(29)7-8-25-14-26(33(46)39-6)10-12-30(25)36/h9-14,20-21,27-28,31,38,40H,4,7-8,15-17,19H2,1-3,5-6H3,(H,39,46)(H,41,42,47)/t21-,27+,28?,31-,36?/m0/s1. The molecule has 3 aliphatic rings. The van der Waals surface area contributed by atoms with Gasteiger partial charge in [-0.15, -0.1) is 0 Å². The van der Waals surface area contributed by atoms with Gasteiger partial charge in [-0.05, 0) is 105 Å². The van der Waals surface area contributed by atoms with Gasteiger partial charge >= 0.3 is 5.69 Å². The molecule has 246 valence electrons. The second-order valence-electron chi connectivity index (χ2n) is 13.5. The zero-order valence-corrected chi connectivity index (χ0v) is 27.8. The van der Waals surface area contributed by atoms with Crippen LogP contribution in [0, 0.1) is 17.2 Å². The molecule has 6 rings (SSSR count). The van der Waals surface area contributed by atoms with Crippen LogP contribution >= 0.6 is 0 Å². The van der Waals surface area contributed by atoms with Crippen LogP contribution in [-0.4, -0.2) is 70.2 Å². The number of aromatic amines is 1. The van der Waals surface area contributed by atoms with Gasteiger partial charge < -0.3 is 20.9 Å². The minimum absolute atomic E-state index is 0.0629. The molecule has 11 heteroatoms. The van der Waals surface area contributed by atoms with Crippen molar-refractivity contribution < 1.29 is 9.59 Å². The number of nitrogens with zero attached hydrogens (tertiary/aromatic N) is 4. The van der Waals surface area contributed by atoms with E-state index < -0.39 is 5.41 Å². The second-order valence-corrected chi connectivity index (χ2v) is 13.5. The number of aromatic nitrogens is 3. The van der Waals surface area contributed by atoms with E-state index in [-0.39, 0.29) is 48.2 Å². The molecular formula is C36H44N8O3. The second kappa shape index (κ2) is 12.5. The van der Waals surface area contributed by atoms with Gasteiger partial charge in [0.15, 0.2) is 0 Å². The van der Waals surface area contributed by atoms with E-state index in [4.69, 9.17) is 5.10 Å². The molecule has 0 radical (unpaired) electrons. The molecule has 2 heterocycles. The number of nitrogens with one attached hydrogen (secondary N) is 4. The molecule has 2 amide bonds. The van der Waals surface area contributed by atoms with Gasteiger partial charge in [-0.25, -0.2) is 9.48 Å². The normalized spacial score (nSPS) is 23.2. The summed E-state index contributed by atoms with van der Waals surface area (Å²) in [4.78, 5) is 44.5. The van der Waals surface area contributed by atoms with Crippen molar-refractivity contribution in [2.24, 2.45) is 5.92 Å². The number of carbonyl (C=O) groups is 2. The van der Waals surface area contributed by atoms with Gasteiger partial charge in [0.25, 0.3) is 5.91 Å². The van der Waals surface area contributed by atoms with Crippen molar-refractivity contribution in [3.05, 3.63) is 92.7 Å². The third-order valence-electron chi connectivity index (χ3n) is 10.2. The topological polar surface area (TPSA) is 148 Å². The van der Waals surface area contributed by atoms with Crippen molar-refractivity contribution >= 4 is 17.5 Å². The maximum Gasteiger partial charge on any atom is 0.343 e. The lowest BCUT2D eigenvalue weighted by Gasteiger charge is -2.37. The van der Waals surface area contributed by atoms with Gasteiger partial charge in [0.2, 0.25) is 5.91 Å². The minimum Gasteiger partial charge on any atom is -0.388 e. The van der Waals surface area contributed by atoms with Gasteiger partial charge in [0.05, 0.1) is 24.1 Å². The van der Waals surface area contributed by atoms with Gasteiger partial charge in [-0.1, -0.05) is 24.8 Å². The number of piperidine rings is 1. The molecule has 2 fully saturated rings. The van der Waals surface area contributed by atoms with E-state index in [9.17, 15) is 19.6 Å². The first-order valence-corrected chi connectivity index (χ1v) is 16.5. The maximum absolute atomic E-state index is 13.4. The largest absolute Gasteiger partial charge is 0.388 e. The predicted molar refractivity (Wildman–Crippen MR) is 180 cm³/mol. The van der Waals surface area contributed by atoms with Gasteiger partial charge in [-0.3, -0.25) is 14.6 Å². The molecule has 1 saturated carbocycles. The van der Waals surface area contributed by atoms with Crippen LogP contribution in [-0.2, 0) is 23.1 Å². The van der Waals surface area contributed by atoms with E-state index in [1.165, 1.54) is 4.68 Å². The Morgan fingerprint density at radius 3 is 2.32 bits per heavy atom. The third-order valence-corrected chi connectivity index (χ3v) is 10.2. The Kier molecular flexibility index (Phi) is 8.57. The predicted octanol–water partition coefficient (Wildman–Crippen LogP) is 3.02. The van der Waals surface area contributed by atoms with Crippen molar-refractivity contribution in [2.75, 3.05) is 20.6 Å². The van der Waals surface area contributed by atoms with E-state index in [2.05, 4.69) is 45.7 Å². The number of nitriles is 1. The zero-order chi connectivity index (χ0) is 33.6. The summed E-state index contributed by atoms with van der Waals surface area (Å²) >= 11 is 0. The average molecular weight is 637 g/mol. The highest BCUT2D eigenvalue weighted by Gasteiger charge is 2.54. The van der Waals surface area contributed by atoms with E-state index in [1.54, 1.807) is 11.9 Å². The molecule has 5 atom stereocenters. The lowest BCUT2D eigenvalue weighted by Crippen LogP contribution is -2.46. The molecule has 2 aliphatic carbocycles. The molecule has 11 nitrogen and oxygen atoms in total. The Balaban J connectivity index is 1.48. The molecule has 1 aliphatic heterocycles. The summed E-state index contributed by atoms with van der Waals surface area (Å²) in [6.45, 7) is 10.2. The number of benzene rings is 2. The van der Waals surface area contributed by atoms with Crippen molar-refractivity contribution in [1.29, 1.82) is 5.26 Å². The fraction of sp³-hybridized carbons (Fsp3) is 0.472. The lowest BCUT2D eigenvalue weighted by atomic mass is 9.67. The van der Waals surface area contributed by atoms with Crippen LogP contribution in [0.5, 0.6) is 0 Å². The quantitative estimate of drug-likeness (QED) is 0.268. The highest BCUT2D eigenvalue weighted by Crippen LogP contribution is 2.48. The SMILES string of the molecule is C=C(NC)c1ccc2c(c1)CCc1cc(C(=O)NC)ccc1C2(C[C@H](C)NCC(=O)N1C(C#N)C[C@@H]2C[C@@H]21)c1nn(C(C)C)c(=O)[nH]1. The summed E-state index contributed by atoms with van der Waals surface area (Å²) in [5, 5.41) is 24.0. The summed E-state index contributed by atoms with van der Waals surface area (Å²) in [5.74, 6) is 0.722. The number of H-pyrrole nitrogens is 1. The van der Waals surface area contributed by atoms with E-state index in [1.807, 2.05) is 52.1 Å². The molecule has 4 N–H and O–H groups in total. The van der Waals surface area contributed by atoms with Gasteiger partial charge in [-0.2, -0.15) is 10.4 Å². The van der Waals surface area contributed by atoms with Crippen LogP contribution in [0.25, 0.3) is 5.70 Å². The molecule has 1 aromatic heterocycles. The Morgan fingerprint density at radius 1 is 1.06 bits per heavy atom. The average Bonchev–Trinajstić information content (AvgIpc) is 3.60. The number of carbonyl (C=O) groups excluding carboxylic acids is 2. The molecule has 47 heavy (non-hydrogen) atoms. The molecule has 2 aromatic carbocycles. The molecular weight excluding hydrogens is 592 g/mol. The summed E-state index contributed by atoms with van der Waals surface area (Å²) < 4.78 is 1.47. The number of amides is 2. The molecule has 1 saturated heterocycles. The van der Waals surface area contributed by atoms with Crippen LogP contribution in [0.1, 0.15) is 90.1 Å². The zero-order valence-electron chi connectivity index (χ0n) is 27.8. The monoisotopic (exact) mass is 636 g/mol.